The summed E-state index contributed by atoms with van der Waals surface area (Å²) in [5.74, 6) is -0.634. The molecule has 5 nitrogen and oxygen atoms in total. The summed E-state index contributed by atoms with van der Waals surface area (Å²) in [4.78, 5) is 11.3. The molecule has 0 fully saturated rings. The molecular weight excluding hydrogens is 314 g/mol. The summed E-state index contributed by atoms with van der Waals surface area (Å²) in [6.07, 6.45) is 1.71. The van der Waals surface area contributed by atoms with Crippen molar-refractivity contribution in [3.63, 3.8) is 0 Å². The number of nitrogens with zero attached hydrogens (tertiary/aromatic N) is 3. The van der Waals surface area contributed by atoms with E-state index in [0.717, 1.165) is 11.1 Å². The van der Waals surface area contributed by atoms with Gasteiger partial charge in [0.05, 0.1) is 18.1 Å². The van der Waals surface area contributed by atoms with Gasteiger partial charge in [0.2, 0.25) is 5.41 Å². The molecule has 0 amide bonds. The minimum Gasteiger partial charge on any atom is -0.264 e. The fourth-order valence-electron chi connectivity index (χ4n) is 3.41. The Kier molecular flexibility index (Phi) is 4.09. The third kappa shape index (κ3) is 2.56. The molecule has 1 aliphatic rings. The average molecular weight is 329 g/mol. The lowest BCUT2D eigenvalue weighted by Crippen LogP contribution is -2.39. The summed E-state index contributed by atoms with van der Waals surface area (Å²) >= 11 is 0. The lowest BCUT2D eigenvalue weighted by Gasteiger charge is -2.22. The van der Waals surface area contributed by atoms with Crippen LogP contribution in [0.15, 0.2) is 60.7 Å². The first-order valence-corrected chi connectivity index (χ1v) is 7.84. The van der Waals surface area contributed by atoms with Crippen LogP contribution in [0.1, 0.15) is 22.6 Å². The predicted molar refractivity (Wildman–Crippen MR) is 92.8 cm³/mol. The van der Waals surface area contributed by atoms with E-state index in [1.807, 2.05) is 49.4 Å². The molecule has 2 aromatic carbocycles. The lowest BCUT2D eigenvalue weighted by molar-refractivity contribution is -0.532. The Labute approximate surface area is 145 Å². The molecule has 1 aliphatic carbocycles. The van der Waals surface area contributed by atoms with Crippen LogP contribution in [0.4, 0.5) is 0 Å². The SMILES string of the molecule is Cc1ccc(C2C=C(c3ccccc3)C(C#N)(C#N)C2[N+](=O)[O-])cc1. The number of rotatable bonds is 3. The van der Waals surface area contributed by atoms with E-state index < -0.39 is 22.3 Å². The van der Waals surface area contributed by atoms with Gasteiger partial charge >= 0.3 is 0 Å². The van der Waals surface area contributed by atoms with Gasteiger partial charge in [0.15, 0.2) is 0 Å². The van der Waals surface area contributed by atoms with E-state index in [1.54, 1.807) is 30.3 Å². The monoisotopic (exact) mass is 329 g/mol. The van der Waals surface area contributed by atoms with E-state index in [2.05, 4.69) is 0 Å². The second kappa shape index (κ2) is 6.22. The quantitative estimate of drug-likeness (QED) is 0.631. The third-order valence-electron chi connectivity index (χ3n) is 4.68. The topological polar surface area (TPSA) is 90.7 Å². The number of hydrogen-bond acceptors (Lipinski definition) is 4. The van der Waals surface area contributed by atoms with Gasteiger partial charge in [0.25, 0.3) is 6.04 Å². The predicted octanol–water partition coefficient (Wildman–Crippen LogP) is 3.85. The Hall–Kier alpha value is -3.44. The van der Waals surface area contributed by atoms with Crippen LogP contribution in [-0.4, -0.2) is 11.0 Å². The maximum absolute atomic E-state index is 11.8. The van der Waals surface area contributed by atoms with Crippen LogP contribution >= 0.6 is 0 Å². The summed E-state index contributed by atoms with van der Waals surface area (Å²) in [7, 11) is 0. The second-order valence-electron chi connectivity index (χ2n) is 6.14. The van der Waals surface area contributed by atoms with Crippen molar-refractivity contribution < 1.29 is 4.92 Å². The molecule has 0 N–H and O–H groups in total. The number of benzene rings is 2. The third-order valence-corrected chi connectivity index (χ3v) is 4.68. The van der Waals surface area contributed by atoms with E-state index in [4.69, 9.17) is 0 Å². The molecule has 0 heterocycles. The molecule has 5 heteroatoms. The van der Waals surface area contributed by atoms with Crippen molar-refractivity contribution in [2.24, 2.45) is 5.41 Å². The van der Waals surface area contributed by atoms with Crippen LogP contribution in [0.2, 0.25) is 0 Å². The Balaban J connectivity index is 2.23. The fourth-order valence-corrected chi connectivity index (χ4v) is 3.41. The molecule has 2 aromatic rings. The van der Waals surface area contributed by atoms with Gasteiger partial charge in [0, 0.05) is 4.92 Å². The van der Waals surface area contributed by atoms with Gasteiger partial charge in [-0.25, -0.2) is 0 Å². The zero-order valence-corrected chi connectivity index (χ0v) is 13.6. The first-order chi connectivity index (χ1) is 12.0. The minimum atomic E-state index is -1.82. The highest BCUT2D eigenvalue weighted by Crippen LogP contribution is 2.51. The van der Waals surface area contributed by atoms with Gasteiger partial charge in [-0.3, -0.25) is 10.1 Å². The molecule has 0 saturated carbocycles. The standard InChI is InChI=1S/C20H15N3O2/c1-14-7-9-15(10-8-14)17-11-18(16-5-3-2-4-6-16)20(12-21,13-22)19(17)23(24)25/h2-11,17,19H,1H3. The van der Waals surface area contributed by atoms with Crippen LogP contribution < -0.4 is 0 Å². The Morgan fingerprint density at radius 3 is 2.16 bits per heavy atom. The van der Waals surface area contributed by atoms with Crippen molar-refractivity contribution in [3.8, 4) is 12.1 Å². The Morgan fingerprint density at radius 1 is 1.04 bits per heavy atom. The van der Waals surface area contributed by atoms with Gasteiger partial charge in [-0.2, -0.15) is 10.5 Å². The van der Waals surface area contributed by atoms with Crippen LogP contribution in [0.25, 0.3) is 5.57 Å². The molecule has 0 saturated heterocycles. The van der Waals surface area contributed by atoms with Crippen molar-refractivity contribution in [1.29, 1.82) is 10.5 Å². The Morgan fingerprint density at radius 2 is 1.64 bits per heavy atom. The zero-order valence-electron chi connectivity index (χ0n) is 13.6. The largest absolute Gasteiger partial charge is 0.264 e. The summed E-state index contributed by atoms with van der Waals surface area (Å²) in [6.45, 7) is 1.93. The summed E-state index contributed by atoms with van der Waals surface area (Å²) < 4.78 is 0. The van der Waals surface area contributed by atoms with E-state index >= 15 is 0 Å². The molecule has 25 heavy (non-hydrogen) atoms. The molecular formula is C20H15N3O2. The summed E-state index contributed by atoms with van der Waals surface area (Å²) in [5, 5.41) is 31.3. The van der Waals surface area contributed by atoms with Gasteiger partial charge in [-0.15, -0.1) is 0 Å². The average Bonchev–Trinajstić information content (AvgIpc) is 2.99. The van der Waals surface area contributed by atoms with Crippen LogP contribution in [0.3, 0.4) is 0 Å². The summed E-state index contributed by atoms with van der Waals surface area (Å²) in [6, 6.07) is 18.9. The second-order valence-corrected chi connectivity index (χ2v) is 6.14. The van der Waals surface area contributed by atoms with Crippen molar-refractivity contribution in [2.75, 3.05) is 0 Å². The van der Waals surface area contributed by atoms with Crippen LogP contribution in [0, 0.1) is 45.1 Å². The highest BCUT2D eigenvalue weighted by molar-refractivity contribution is 5.80. The highest BCUT2D eigenvalue weighted by Gasteiger charge is 2.60. The maximum atomic E-state index is 11.8. The van der Waals surface area contributed by atoms with E-state index in [0.29, 0.717) is 11.1 Å². The number of nitro groups is 1. The lowest BCUT2D eigenvalue weighted by atomic mass is 9.75. The molecule has 0 aromatic heterocycles. The molecule has 0 bridgehead atoms. The molecule has 122 valence electrons. The fraction of sp³-hybridized carbons (Fsp3) is 0.200. The van der Waals surface area contributed by atoms with Gasteiger partial charge < -0.3 is 0 Å². The zero-order chi connectivity index (χ0) is 18.0. The first-order valence-electron chi connectivity index (χ1n) is 7.84. The smallest absolute Gasteiger partial charge is 0.258 e. The van der Waals surface area contributed by atoms with Crippen LogP contribution in [0.5, 0.6) is 0 Å². The maximum Gasteiger partial charge on any atom is 0.258 e. The normalized spacial score (nSPS) is 21.0. The highest BCUT2D eigenvalue weighted by atomic mass is 16.6. The molecule has 3 rings (SSSR count). The van der Waals surface area contributed by atoms with Crippen molar-refractivity contribution in [2.45, 2.75) is 18.9 Å². The van der Waals surface area contributed by atoms with E-state index in [-0.39, 0.29) is 0 Å². The van der Waals surface area contributed by atoms with E-state index in [9.17, 15) is 20.6 Å². The molecule has 0 spiro atoms. The van der Waals surface area contributed by atoms with Crippen LogP contribution in [-0.2, 0) is 0 Å². The van der Waals surface area contributed by atoms with Gasteiger partial charge in [0.1, 0.15) is 0 Å². The minimum absolute atomic E-state index is 0.408. The molecule has 0 aliphatic heterocycles. The number of nitriles is 2. The summed E-state index contributed by atoms with van der Waals surface area (Å²) in [5.41, 5.74) is 1.02. The van der Waals surface area contributed by atoms with E-state index in [1.165, 1.54) is 0 Å². The Bertz CT molecular complexity index is 904. The van der Waals surface area contributed by atoms with Crippen molar-refractivity contribution in [3.05, 3.63) is 87.5 Å². The number of aryl methyl sites for hydroxylation is 1. The molecule has 0 radical (unpaired) electrons. The van der Waals surface area contributed by atoms with Gasteiger partial charge in [-0.1, -0.05) is 66.2 Å². The van der Waals surface area contributed by atoms with Crippen molar-refractivity contribution >= 4 is 5.57 Å². The van der Waals surface area contributed by atoms with Gasteiger partial charge in [-0.05, 0) is 23.6 Å². The first kappa shape index (κ1) is 16.4. The molecule has 2 atom stereocenters. The number of hydrogen-bond donors (Lipinski definition) is 0. The molecule has 2 unspecified atom stereocenters. The van der Waals surface area contributed by atoms with Crippen molar-refractivity contribution in [1.82, 2.24) is 0 Å².